The van der Waals surface area contributed by atoms with Gasteiger partial charge in [0.1, 0.15) is 0 Å². The first-order chi connectivity index (χ1) is 6.99. The van der Waals surface area contributed by atoms with E-state index < -0.39 is 17.7 Å². The number of halogens is 3. The van der Waals surface area contributed by atoms with Crippen molar-refractivity contribution < 1.29 is 18.0 Å². The predicted octanol–water partition coefficient (Wildman–Crippen LogP) is 2.36. The molecule has 0 saturated carbocycles. The average molecular weight is 221 g/mol. The van der Waals surface area contributed by atoms with E-state index in [-0.39, 0.29) is 0 Å². The fraction of sp³-hybridized carbons (Fsp3) is 0.700. The van der Waals surface area contributed by atoms with Gasteiger partial charge in [0.05, 0.1) is 0 Å². The molecule has 1 amide bonds. The number of amides is 1. The van der Waals surface area contributed by atoms with Crippen molar-refractivity contribution in [3.05, 3.63) is 11.6 Å². The molecular formula is C10H14F3NO. The van der Waals surface area contributed by atoms with Crippen molar-refractivity contribution in [1.29, 1.82) is 0 Å². The molecule has 15 heavy (non-hydrogen) atoms. The van der Waals surface area contributed by atoms with Gasteiger partial charge in [-0.25, -0.2) is 0 Å². The van der Waals surface area contributed by atoms with Gasteiger partial charge in [0.25, 0.3) is 0 Å². The number of hydrogen-bond acceptors (Lipinski definition) is 1. The molecule has 0 radical (unpaired) electrons. The zero-order chi connectivity index (χ0) is 11.5. The third kappa shape index (κ3) is 2.97. The molecular weight excluding hydrogens is 207 g/mol. The molecule has 1 saturated heterocycles. The van der Waals surface area contributed by atoms with Crippen LogP contribution in [0.2, 0.25) is 0 Å². The highest BCUT2D eigenvalue weighted by atomic mass is 19.4. The fourth-order valence-electron chi connectivity index (χ4n) is 1.95. The highest BCUT2D eigenvalue weighted by Crippen LogP contribution is 2.36. The van der Waals surface area contributed by atoms with E-state index in [4.69, 9.17) is 0 Å². The van der Waals surface area contributed by atoms with Crippen LogP contribution < -0.4 is 0 Å². The van der Waals surface area contributed by atoms with E-state index in [0.717, 1.165) is 6.08 Å². The van der Waals surface area contributed by atoms with Crippen molar-refractivity contribution in [2.45, 2.75) is 25.9 Å². The van der Waals surface area contributed by atoms with E-state index in [1.54, 1.807) is 0 Å². The third-order valence-corrected chi connectivity index (χ3v) is 2.76. The summed E-state index contributed by atoms with van der Waals surface area (Å²) in [5, 5.41) is 0. The molecule has 86 valence electrons. The molecule has 1 rings (SSSR count). The maximum Gasteiger partial charge on any atom is 0.412 e. The minimum Gasteiger partial charge on any atom is -0.345 e. The highest BCUT2D eigenvalue weighted by Gasteiger charge is 2.38. The molecule has 1 aliphatic heterocycles. The van der Waals surface area contributed by atoms with Crippen molar-refractivity contribution >= 4 is 6.41 Å². The zero-order valence-electron chi connectivity index (χ0n) is 8.55. The number of carbonyl (C=O) groups excluding carboxylic acids is 1. The summed E-state index contributed by atoms with van der Waals surface area (Å²) in [4.78, 5) is 11.9. The zero-order valence-corrected chi connectivity index (χ0v) is 8.55. The Hall–Kier alpha value is -1.00. The topological polar surface area (TPSA) is 20.3 Å². The van der Waals surface area contributed by atoms with E-state index in [2.05, 4.69) is 0 Å². The first-order valence-corrected chi connectivity index (χ1v) is 4.91. The van der Waals surface area contributed by atoms with Crippen LogP contribution in [0.5, 0.6) is 0 Å². The van der Waals surface area contributed by atoms with Crippen molar-refractivity contribution in [3.63, 3.8) is 0 Å². The van der Waals surface area contributed by atoms with Gasteiger partial charge in [0.2, 0.25) is 6.41 Å². The van der Waals surface area contributed by atoms with Gasteiger partial charge in [-0.15, -0.1) is 0 Å². The van der Waals surface area contributed by atoms with Gasteiger partial charge in [-0.05, 0) is 25.7 Å². The smallest absolute Gasteiger partial charge is 0.345 e. The predicted molar refractivity (Wildman–Crippen MR) is 50.2 cm³/mol. The summed E-state index contributed by atoms with van der Waals surface area (Å²) in [5.41, 5.74) is -0.451. The molecule has 0 atom stereocenters. The number of alkyl halides is 3. The van der Waals surface area contributed by atoms with Crippen molar-refractivity contribution in [3.8, 4) is 0 Å². The number of rotatable bonds is 2. The van der Waals surface area contributed by atoms with E-state index in [9.17, 15) is 18.0 Å². The van der Waals surface area contributed by atoms with Crippen LogP contribution in [0.25, 0.3) is 0 Å². The largest absolute Gasteiger partial charge is 0.412 e. The number of piperidine rings is 1. The maximum atomic E-state index is 12.5. The van der Waals surface area contributed by atoms with Crippen LogP contribution in [0.4, 0.5) is 13.2 Å². The Bertz CT molecular complexity index is 252. The molecule has 5 heteroatoms. The summed E-state index contributed by atoms with van der Waals surface area (Å²) in [7, 11) is 0. The summed E-state index contributed by atoms with van der Waals surface area (Å²) in [6.45, 7) is 2.25. The van der Waals surface area contributed by atoms with Gasteiger partial charge in [-0.2, -0.15) is 13.2 Å². The van der Waals surface area contributed by atoms with Gasteiger partial charge < -0.3 is 4.90 Å². The Morgan fingerprint density at radius 3 is 2.20 bits per heavy atom. The van der Waals surface area contributed by atoms with Gasteiger partial charge in [-0.3, -0.25) is 4.79 Å². The normalized spacial score (nSPS) is 20.5. The highest BCUT2D eigenvalue weighted by molar-refractivity contribution is 5.47. The molecule has 0 bridgehead atoms. The summed E-state index contributed by atoms with van der Waals surface area (Å²) in [5.74, 6) is -0.453. The lowest BCUT2D eigenvalue weighted by atomic mass is 9.88. The molecule has 1 heterocycles. The summed E-state index contributed by atoms with van der Waals surface area (Å²) >= 11 is 0. The second-order valence-corrected chi connectivity index (χ2v) is 3.66. The van der Waals surface area contributed by atoms with Gasteiger partial charge in [0, 0.05) is 18.7 Å². The molecule has 0 aliphatic carbocycles. The van der Waals surface area contributed by atoms with Crippen LogP contribution in [-0.2, 0) is 4.79 Å². The number of carbonyl (C=O) groups is 1. The number of hydrogen-bond donors (Lipinski definition) is 0. The van der Waals surface area contributed by atoms with E-state index in [1.165, 1.54) is 11.8 Å². The van der Waals surface area contributed by atoms with Crippen LogP contribution in [0, 0.1) is 5.92 Å². The standard InChI is InChI=1S/C10H14F3NO/c1-2-9(10(11,12)13)8-3-5-14(7-15)6-4-8/h2,7-8H,3-6H2,1H3/b9-2-. The fourth-order valence-corrected chi connectivity index (χ4v) is 1.95. The van der Waals surface area contributed by atoms with Gasteiger partial charge in [-0.1, -0.05) is 6.08 Å². The average Bonchev–Trinajstić information content (AvgIpc) is 2.18. The van der Waals surface area contributed by atoms with Gasteiger partial charge in [0.15, 0.2) is 0 Å². The third-order valence-electron chi connectivity index (χ3n) is 2.76. The quantitative estimate of drug-likeness (QED) is 0.517. The van der Waals surface area contributed by atoms with Crippen LogP contribution in [-0.4, -0.2) is 30.6 Å². The molecule has 0 N–H and O–H groups in total. The molecule has 1 fully saturated rings. The van der Waals surface area contributed by atoms with E-state index >= 15 is 0 Å². The first-order valence-electron chi connectivity index (χ1n) is 4.91. The Labute approximate surface area is 86.7 Å². The van der Waals surface area contributed by atoms with Crippen molar-refractivity contribution in [1.82, 2.24) is 4.90 Å². The molecule has 0 spiro atoms. The van der Waals surface area contributed by atoms with Crippen LogP contribution in [0.3, 0.4) is 0 Å². The van der Waals surface area contributed by atoms with Crippen LogP contribution in [0.1, 0.15) is 19.8 Å². The molecule has 0 aromatic heterocycles. The second kappa shape index (κ2) is 4.68. The Morgan fingerprint density at radius 1 is 1.33 bits per heavy atom. The lowest BCUT2D eigenvalue weighted by Gasteiger charge is -2.31. The minimum absolute atomic E-state index is 0.401. The summed E-state index contributed by atoms with van der Waals surface area (Å²) < 4.78 is 37.6. The monoisotopic (exact) mass is 221 g/mol. The molecule has 2 nitrogen and oxygen atoms in total. The Kier molecular flexibility index (Phi) is 3.77. The minimum atomic E-state index is -4.23. The molecule has 0 aromatic carbocycles. The molecule has 0 aromatic rings. The lowest BCUT2D eigenvalue weighted by molar-refractivity contribution is -0.120. The second-order valence-electron chi connectivity index (χ2n) is 3.66. The molecule has 0 unspecified atom stereocenters. The summed E-state index contributed by atoms with van der Waals surface area (Å²) in [6.07, 6.45) is -1.60. The number of allylic oxidation sites excluding steroid dienone is 2. The van der Waals surface area contributed by atoms with Gasteiger partial charge >= 0.3 is 6.18 Å². The maximum absolute atomic E-state index is 12.5. The number of likely N-dealkylation sites (tertiary alicyclic amines) is 1. The van der Waals surface area contributed by atoms with Crippen LogP contribution in [0.15, 0.2) is 11.6 Å². The SMILES string of the molecule is C/C=C(/C1CCN(C=O)CC1)C(F)(F)F. The van der Waals surface area contributed by atoms with Crippen molar-refractivity contribution in [2.75, 3.05) is 13.1 Å². The van der Waals surface area contributed by atoms with Crippen LogP contribution >= 0.6 is 0 Å². The van der Waals surface area contributed by atoms with E-state index in [1.807, 2.05) is 0 Å². The lowest BCUT2D eigenvalue weighted by Crippen LogP contribution is -2.35. The Morgan fingerprint density at radius 2 is 1.87 bits per heavy atom. The first kappa shape index (κ1) is 12.1. The summed E-state index contributed by atoms with van der Waals surface area (Å²) in [6, 6.07) is 0. The molecule has 1 aliphatic rings. The number of nitrogens with zero attached hydrogens (tertiary/aromatic N) is 1. The Balaban J connectivity index is 2.63. The van der Waals surface area contributed by atoms with Crippen molar-refractivity contribution in [2.24, 2.45) is 5.92 Å². The van der Waals surface area contributed by atoms with E-state index in [0.29, 0.717) is 32.3 Å².